The maximum Gasteiger partial charge on any atom is 0.280 e. The first-order chi connectivity index (χ1) is 13.8. The number of nitrogens with zero attached hydrogens (tertiary/aromatic N) is 3. The minimum absolute atomic E-state index is 0.00189. The molecule has 1 aromatic heterocycles. The van der Waals surface area contributed by atoms with Crippen molar-refractivity contribution in [2.75, 3.05) is 16.4 Å². The summed E-state index contributed by atoms with van der Waals surface area (Å²) in [5.74, 6) is -0.863. The van der Waals surface area contributed by atoms with Crippen molar-refractivity contribution < 1.29 is 9.59 Å². The Labute approximate surface area is 173 Å². The molecule has 0 aliphatic rings. The van der Waals surface area contributed by atoms with E-state index < -0.39 is 5.91 Å². The molecule has 0 unspecified atom stereocenters. The Balaban J connectivity index is 1.70. The van der Waals surface area contributed by atoms with Gasteiger partial charge in [0.2, 0.25) is 5.91 Å². The van der Waals surface area contributed by atoms with Gasteiger partial charge in [0, 0.05) is 16.4 Å². The molecule has 0 radical (unpaired) electrons. The Morgan fingerprint density at radius 2 is 1.86 bits per heavy atom. The van der Waals surface area contributed by atoms with Gasteiger partial charge in [0.05, 0.1) is 0 Å². The average molecular weight is 413 g/mol. The Hall–Kier alpha value is -3.39. The van der Waals surface area contributed by atoms with Crippen LogP contribution in [0.3, 0.4) is 0 Å². The standard InChI is InChI=1S/C20H21ClN6O2/c1-11-7-8-15(12(2)9-11)23-17(28)10-27-19(22)18(25-26-27)20(29)24-16-6-4-5-14(21)13(16)3/h4-9H,10,22H2,1-3H3,(H,23,28)(H,24,29). The number of anilines is 3. The maximum atomic E-state index is 12.5. The third-order valence-corrected chi connectivity index (χ3v) is 4.86. The molecule has 9 heteroatoms. The van der Waals surface area contributed by atoms with Crippen molar-refractivity contribution in [1.29, 1.82) is 0 Å². The monoisotopic (exact) mass is 412 g/mol. The molecule has 2 amide bonds. The second kappa shape index (κ2) is 8.32. The second-order valence-electron chi connectivity index (χ2n) is 6.71. The number of carbonyl (C=O) groups excluding carboxylic acids is 2. The molecule has 0 aliphatic heterocycles. The van der Waals surface area contributed by atoms with E-state index in [0.717, 1.165) is 16.7 Å². The van der Waals surface area contributed by atoms with Gasteiger partial charge in [-0.25, -0.2) is 4.68 Å². The van der Waals surface area contributed by atoms with Crippen molar-refractivity contribution in [3.8, 4) is 0 Å². The van der Waals surface area contributed by atoms with Crippen LogP contribution in [0.1, 0.15) is 27.2 Å². The number of hydrogen-bond acceptors (Lipinski definition) is 5. The third kappa shape index (κ3) is 4.55. The summed E-state index contributed by atoms with van der Waals surface area (Å²) in [6, 6.07) is 10.9. The molecule has 0 spiro atoms. The largest absolute Gasteiger partial charge is 0.382 e. The Morgan fingerprint density at radius 1 is 1.10 bits per heavy atom. The number of aromatic nitrogens is 3. The molecule has 4 N–H and O–H groups in total. The van der Waals surface area contributed by atoms with Gasteiger partial charge in [-0.3, -0.25) is 9.59 Å². The fraction of sp³-hybridized carbons (Fsp3) is 0.200. The summed E-state index contributed by atoms with van der Waals surface area (Å²) in [5.41, 5.74) is 9.94. The van der Waals surface area contributed by atoms with Crippen LogP contribution in [0.4, 0.5) is 17.2 Å². The molecular formula is C20H21ClN6O2. The molecule has 29 heavy (non-hydrogen) atoms. The summed E-state index contributed by atoms with van der Waals surface area (Å²) in [5, 5.41) is 13.7. The topological polar surface area (TPSA) is 115 Å². The van der Waals surface area contributed by atoms with E-state index in [4.69, 9.17) is 17.3 Å². The number of nitrogens with two attached hydrogens (primary N) is 1. The van der Waals surface area contributed by atoms with Gasteiger partial charge in [0.25, 0.3) is 5.91 Å². The fourth-order valence-electron chi connectivity index (χ4n) is 2.80. The van der Waals surface area contributed by atoms with Gasteiger partial charge < -0.3 is 16.4 Å². The van der Waals surface area contributed by atoms with Crippen LogP contribution in [0.5, 0.6) is 0 Å². The zero-order valence-electron chi connectivity index (χ0n) is 16.3. The Kier molecular flexibility index (Phi) is 5.84. The first-order valence-corrected chi connectivity index (χ1v) is 9.26. The van der Waals surface area contributed by atoms with E-state index in [1.807, 2.05) is 32.0 Å². The molecule has 150 valence electrons. The van der Waals surface area contributed by atoms with Gasteiger partial charge in [0.1, 0.15) is 6.54 Å². The van der Waals surface area contributed by atoms with E-state index in [1.165, 1.54) is 4.68 Å². The number of nitrogens with one attached hydrogen (secondary N) is 2. The second-order valence-corrected chi connectivity index (χ2v) is 7.12. The summed E-state index contributed by atoms with van der Waals surface area (Å²) in [6.45, 7) is 5.50. The van der Waals surface area contributed by atoms with Gasteiger partial charge in [-0.2, -0.15) is 0 Å². The molecule has 0 aliphatic carbocycles. The van der Waals surface area contributed by atoms with Gasteiger partial charge in [0.15, 0.2) is 11.5 Å². The van der Waals surface area contributed by atoms with Crippen LogP contribution in [0.25, 0.3) is 0 Å². The summed E-state index contributed by atoms with van der Waals surface area (Å²) in [7, 11) is 0. The zero-order valence-corrected chi connectivity index (χ0v) is 17.0. The van der Waals surface area contributed by atoms with E-state index in [2.05, 4.69) is 20.9 Å². The summed E-state index contributed by atoms with van der Waals surface area (Å²) in [4.78, 5) is 24.9. The SMILES string of the molecule is Cc1ccc(NC(=O)Cn2nnc(C(=O)Nc3cccc(Cl)c3C)c2N)c(C)c1. The van der Waals surface area contributed by atoms with Crippen LogP contribution < -0.4 is 16.4 Å². The zero-order chi connectivity index (χ0) is 21.1. The number of carbonyl (C=O) groups is 2. The van der Waals surface area contributed by atoms with Crippen molar-refractivity contribution in [2.45, 2.75) is 27.3 Å². The highest BCUT2D eigenvalue weighted by molar-refractivity contribution is 6.31. The van der Waals surface area contributed by atoms with E-state index in [0.29, 0.717) is 16.4 Å². The van der Waals surface area contributed by atoms with Gasteiger partial charge in [-0.15, -0.1) is 5.10 Å². The van der Waals surface area contributed by atoms with Crippen molar-refractivity contribution in [3.05, 3.63) is 63.8 Å². The van der Waals surface area contributed by atoms with Gasteiger partial charge in [-0.1, -0.05) is 40.6 Å². The number of amides is 2. The molecule has 0 saturated heterocycles. The molecular weight excluding hydrogens is 392 g/mol. The number of rotatable bonds is 5. The minimum Gasteiger partial charge on any atom is -0.382 e. The molecule has 0 bridgehead atoms. The van der Waals surface area contributed by atoms with Crippen molar-refractivity contribution in [1.82, 2.24) is 15.0 Å². The van der Waals surface area contributed by atoms with E-state index in [-0.39, 0.29) is 24.0 Å². The first-order valence-electron chi connectivity index (χ1n) is 8.88. The summed E-state index contributed by atoms with van der Waals surface area (Å²) >= 11 is 6.07. The smallest absolute Gasteiger partial charge is 0.280 e. The van der Waals surface area contributed by atoms with E-state index >= 15 is 0 Å². The molecule has 3 aromatic rings. The number of benzene rings is 2. The normalized spacial score (nSPS) is 10.6. The highest BCUT2D eigenvalue weighted by Crippen LogP contribution is 2.24. The highest BCUT2D eigenvalue weighted by Gasteiger charge is 2.20. The number of nitrogen functional groups attached to an aromatic ring is 1. The highest BCUT2D eigenvalue weighted by atomic mass is 35.5. The number of hydrogen-bond donors (Lipinski definition) is 3. The molecule has 0 atom stereocenters. The lowest BCUT2D eigenvalue weighted by Crippen LogP contribution is -2.22. The van der Waals surface area contributed by atoms with Crippen molar-refractivity contribution in [3.63, 3.8) is 0 Å². The summed E-state index contributed by atoms with van der Waals surface area (Å²) in [6.07, 6.45) is 0. The van der Waals surface area contributed by atoms with Crippen LogP contribution in [-0.4, -0.2) is 26.8 Å². The van der Waals surface area contributed by atoms with Crippen molar-refractivity contribution >= 4 is 40.6 Å². The molecule has 8 nitrogen and oxygen atoms in total. The molecule has 1 heterocycles. The predicted octanol–water partition coefficient (Wildman–Crippen LogP) is 3.33. The van der Waals surface area contributed by atoms with Crippen LogP contribution in [0.15, 0.2) is 36.4 Å². The third-order valence-electron chi connectivity index (χ3n) is 4.45. The molecule has 2 aromatic carbocycles. The predicted molar refractivity (Wildman–Crippen MR) is 113 cm³/mol. The van der Waals surface area contributed by atoms with E-state index in [9.17, 15) is 9.59 Å². The minimum atomic E-state index is -0.533. The first kappa shape index (κ1) is 20.3. The lowest BCUT2D eigenvalue weighted by molar-refractivity contribution is -0.116. The lowest BCUT2D eigenvalue weighted by Gasteiger charge is -2.10. The van der Waals surface area contributed by atoms with Crippen LogP contribution in [0.2, 0.25) is 5.02 Å². The number of halogens is 1. The van der Waals surface area contributed by atoms with Gasteiger partial charge in [-0.05, 0) is 50.1 Å². The van der Waals surface area contributed by atoms with Crippen molar-refractivity contribution in [2.24, 2.45) is 0 Å². The maximum absolute atomic E-state index is 12.5. The molecule has 3 rings (SSSR count). The Morgan fingerprint density at radius 3 is 2.59 bits per heavy atom. The molecule has 0 saturated carbocycles. The van der Waals surface area contributed by atoms with Crippen LogP contribution in [0, 0.1) is 20.8 Å². The fourth-order valence-corrected chi connectivity index (χ4v) is 2.98. The average Bonchev–Trinajstić information content (AvgIpc) is 3.02. The quantitative estimate of drug-likeness (QED) is 0.594. The van der Waals surface area contributed by atoms with E-state index in [1.54, 1.807) is 25.1 Å². The van der Waals surface area contributed by atoms with Crippen LogP contribution >= 0.6 is 11.6 Å². The Bertz CT molecular complexity index is 1090. The lowest BCUT2D eigenvalue weighted by atomic mass is 10.1. The van der Waals surface area contributed by atoms with Crippen LogP contribution in [-0.2, 0) is 11.3 Å². The molecule has 0 fully saturated rings. The summed E-state index contributed by atoms with van der Waals surface area (Å²) < 4.78 is 1.18. The van der Waals surface area contributed by atoms with Gasteiger partial charge >= 0.3 is 0 Å². The number of aryl methyl sites for hydroxylation is 2.